The Morgan fingerprint density at radius 1 is 1.28 bits per heavy atom. The Kier molecular flexibility index (Phi) is 3.46. The summed E-state index contributed by atoms with van der Waals surface area (Å²) in [7, 11) is 0. The zero-order valence-corrected chi connectivity index (χ0v) is 10.7. The van der Waals surface area contributed by atoms with E-state index in [4.69, 9.17) is 5.73 Å². The molecule has 2 rings (SSSR count). The highest BCUT2D eigenvalue weighted by atomic mass is 16.1. The minimum atomic E-state index is -0.235. The molecule has 3 N–H and O–H groups in total. The number of aromatic nitrogens is 2. The molecule has 0 aliphatic heterocycles. The van der Waals surface area contributed by atoms with Gasteiger partial charge in [-0.25, -0.2) is 0 Å². The smallest absolute Gasteiger partial charge is 0.271 e. The summed E-state index contributed by atoms with van der Waals surface area (Å²) in [6.45, 7) is 4.08. The molecule has 0 unspecified atom stereocenters. The summed E-state index contributed by atoms with van der Waals surface area (Å²) in [6.07, 6.45) is 3.56. The fourth-order valence-corrected chi connectivity index (χ4v) is 1.89. The van der Waals surface area contributed by atoms with Crippen LogP contribution in [0.25, 0.3) is 11.3 Å². The SMILES string of the molecule is CCc1ccc(-c2cc(N)c(=O)[nH]c2CC)nc1. The first-order valence-electron chi connectivity index (χ1n) is 6.12. The summed E-state index contributed by atoms with van der Waals surface area (Å²) >= 11 is 0. The molecule has 0 fully saturated rings. The van der Waals surface area contributed by atoms with E-state index in [0.29, 0.717) is 0 Å². The predicted octanol–water partition coefficient (Wildman–Crippen LogP) is 2.14. The van der Waals surface area contributed by atoms with Crippen LogP contribution in [0.15, 0.2) is 29.2 Å². The van der Waals surface area contributed by atoms with E-state index in [9.17, 15) is 4.79 Å². The molecule has 0 aliphatic carbocycles. The summed E-state index contributed by atoms with van der Waals surface area (Å²) in [6, 6.07) is 5.71. The van der Waals surface area contributed by atoms with Crippen LogP contribution in [-0.4, -0.2) is 9.97 Å². The van der Waals surface area contributed by atoms with Crippen molar-refractivity contribution in [2.75, 3.05) is 5.73 Å². The van der Waals surface area contributed by atoms with Crippen molar-refractivity contribution in [3.63, 3.8) is 0 Å². The summed E-state index contributed by atoms with van der Waals surface area (Å²) in [4.78, 5) is 18.7. The van der Waals surface area contributed by atoms with Crippen LogP contribution in [0.2, 0.25) is 0 Å². The van der Waals surface area contributed by atoms with Gasteiger partial charge in [-0.05, 0) is 30.5 Å². The molecule has 2 aromatic rings. The van der Waals surface area contributed by atoms with Crippen LogP contribution in [0.3, 0.4) is 0 Å². The summed E-state index contributed by atoms with van der Waals surface area (Å²) in [5.74, 6) is 0. The third-order valence-electron chi connectivity index (χ3n) is 3.01. The lowest BCUT2D eigenvalue weighted by Gasteiger charge is -2.08. The van der Waals surface area contributed by atoms with Crippen molar-refractivity contribution in [1.29, 1.82) is 0 Å². The summed E-state index contributed by atoms with van der Waals surface area (Å²) in [5.41, 5.74) is 9.45. The molecule has 0 atom stereocenters. The first-order chi connectivity index (χ1) is 8.65. The first-order valence-corrected chi connectivity index (χ1v) is 6.12. The molecule has 2 aromatic heterocycles. The number of hydrogen-bond acceptors (Lipinski definition) is 3. The highest BCUT2D eigenvalue weighted by Gasteiger charge is 2.08. The van der Waals surface area contributed by atoms with Crippen LogP contribution < -0.4 is 11.3 Å². The van der Waals surface area contributed by atoms with Crippen molar-refractivity contribution >= 4 is 5.69 Å². The molecular formula is C14H17N3O. The fourth-order valence-electron chi connectivity index (χ4n) is 1.89. The maximum Gasteiger partial charge on any atom is 0.271 e. The second kappa shape index (κ2) is 5.04. The standard InChI is InChI=1S/C14H17N3O/c1-3-9-5-6-13(16-8-9)10-7-11(15)14(18)17-12(10)4-2/h5-8H,3-4,15H2,1-2H3,(H,17,18). The number of rotatable bonds is 3. The van der Waals surface area contributed by atoms with Crippen LogP contribution in [0, 0.1) is 0 Å². The van der Waals surface area contributed by atoms with Crippen LogP contribution in [0.4, 0.5) is 5.69 Å². The predicted molar refractivity (Wildman–Crippen MR) is 73.5 cm³/mol. The Balaban J connectivity index is 2.54. The van der Waals surface area contributed by atoms with Crippen LogP contribution in [0.5, 0.6) is 0 Å². The van der Waals surface area contributed by atoms with Crippen molar-refractivity contribution in [3.05, 3.63) is 46.0 Å². The highest BCUT2D eigenvalue weighted by Crippen LogP contribution is 2.21. The molecule has 2 heterocycles. The van der Waals surface area contributed by atoms with E-state index in [1.165, 1.54) is 5.56 Å². The Morgan fingerprint density at radius 3 is 2.61 bits per heavy atom. The van der Waals surface area contributed by atoms with Crippen LogP contribution in [-0.2, 0) is 12.8 Å². The zero-order chi connectivity index (χ0) is 13.1. The van der Waals surface area contributed by atoms with Gasteiger partial charge in [-0.3, -0.25) is 9.78 Å². The van der Waals surface area contributed by atoms with Crippen molar-refractivity contribution < 1.29 is 0 Å². The maximum atomic E-state index is 11.5. The molecule has 0 saturated carbocycles. The number of aryl methyl sites for hydroxylation is 2. The third kappa shape index (κ3) is 2.27. The number of nitrogen functional groups attached to an aromatic ring is 1. The molecule has 0 amide bonds. The normalized spacial score (nSPS) is 10.6. The number of aromatic amines is 1. The van der Waals surface area contributed by atoms with Gasteiger partial charge in [-0.2, -0.15) is 0 Å². The topological polar surface area (TPSA) is 71.8 Å². The van der Waals surface area contributed by atoms with E-state index >= 15 is 0 Å². The summed E-state index contributed by atoms with van der Waals surface area (Å²) in [5, 5.41) is 0. The second-order valence-corrected chi connectivity index (χ2v) is 4.20. The molecule has 0 aliphatic rings. The Morgan fingerprint density at radius 2 is 2.06 bits per heavy atom. The minimum Gasteiger partial charge on any atom is -0.394 e. The number of H-pyrrole nitrogens is 1. The van der Waals surface area contributed by atoms with Crippen LogP contribution >= 0.6 is 0 Å². The largest absolute Gasteiger partial charge is 0.394 e. The molecular weight excluding hydrogens is 226 g/mol. The Hall–Kier alpha value is -2.10. The Bertz CT molecular complexity index is 599. The van der Waals surface area contributed by atoms with E-state index in [2.05, 4.69) is 16.9 Å². The monoisotopic (exact) mass is 243 g/mol. The second-order valence-electron chi connectivity index (χ2n) is 4.20. The summed E-state index contributed by atoms with van der Waals surface area (Å²) < 4.78 is 0. The van der Waals surface area contributed by atoms with Gasteiger partial charge < -0.3 is 10.7 Å². The average Bonchev–Trinajstić information content (AvgIpc) is 2.41. The van der Waals surface area contributed by atoms with Crippen LogP contribution in [0.1, 0.15) is 25.1 Å². The van der Waals surface area contributed by atoms with E-state index in [-0.39, 0.29) is 11.2 Å². The lowest BCUT2D eigenvalue weighted by molar-refractivity contribution is 1.01. The van der Waals surface area contributed by atoms with Gasteiger partial charge in [0.15, 0.2) is 0 Å². The maximum absolute atomic E-state index is 11.5. The van der Waals surface area contributed by atoms with Crippen molar-refractivity contribution in [1.82, 2.24) is 9.97 Å². The molecule has 4 heteroatoms. The van der Waals surface area contributed by atoms with Gasteiger partial charge >= 0.3 is 0 Å². The lowest BCUT2D eigenvalue weighted by Crippen LogP contribution is -2.14. The fraction of sp³-hybridized carbons (Fsp3) is 0.286. The lowest BCUT2D eigenvalue weighted by atomic mass is 10.1. The molecule has 94 valence electrons. The number of nitrogens with two attached hydrogens (primary N) is 1. The average molecular weight is 243 g/mol. The number of nitrogens with one attached hydrogen (secondary N) is 1. The molecule has 0 radical (unpaired) electrons. The van der Waals surface area contributed by atoms with Crippen molar-refractivity contribution in [2.45, 2.75) is 26.7 Å². The highest BCUT2D eigenvalue weighted by molar-refractivity contribution is 5.65. The van der Waals surface area contributed by atoms with E-state index in [1.807, 2.05) is 25.3 Å². The van der Waals surface area contributed by atoms with E-state index in [0.717, 1.165) is 29.8 Å². The zero-order valence-electron chi connectivity index (χ0n) is 10.7. The van der Waals surface area contributed by atoms with Crippen molar-refractivity contribution in [2.24, 2.45) is 0 Å². The molecule has 0 saturated heterocycles. The van der Waals surface area contributed by atoms with Gasteiger partial charge in [-0.15, -0.1) is 0 Å². The minimum absolute atomic E-state index is 0.226. The first kappa shape index (κ1) is 12.4. The molecule has 0 aromatic carbocycles. The number of hydrogen-bond donors (Lipinski definition) is 2. The van der Waals surface area contributed by atoms with Gasteiger partial charge in [0.1, 0.15) is 0 Å². The number of pyridine rings is 2. The number of nitrogens with zero attached hydrogens (tertiary/aromatic N) is 1. The molecule has 0 spiro atoms. The van der Waals surface area contributed by atoms with Gasteiger partial charge in [0.05, 0.1) is 11.4 Å². The molecule has 0 bridgehead atoms. The van der Waals surface area contributed by atoms with E-state index < -0.39 is 0 Å². The Labute approximate surface area is 106 Å². The van der Waals surface area contributed by atoms with E-state index in [1.54, 1.807) is 6.07 Å². The van der Waals surface area contributed by atoms with Gasteiger partial charge in [0.2, 0.25) is 0 Å². The van der Waals surface area contributed by atoms with Gasteiger partial charge in [0.25, 0.3) is 5.56 Å². The van der Waals surface area contributed by atoms with Gasteiger partial charge in [-0.1, -0.05) is 19.9 Å². The molecule has 18 heavy (non-hydrogen) atoms. The third-order valence-corrected chi connectivity index (χ3v) is 3.01. The van der Waals surface area contributed by atoms with Gasteiger partial charge in [0, 0.05) is 17.5 Å². The molecule has 4 nitrogen and oxygen atoms in total. The quantitative estimate of drug-likeness (QED) is 0.867. The van der Waals surface area contributed by atoms with Crippen molar-refractivity contribution in [3.8, 4) is 11.3 Å². The number of anilines is 1.